The van der Waals surface area contributed by atoms with Crippen molar-refractivity contribution < 1.29 is 19.6 Å². The lowest BCUT2D eigenvalue weighted by molar-refractivity contribution is 0.0132. The summed E-state index contributed by atoms with van der Waals surface area (Å²) in [7, 11) is -3.56. The van der Waals surface area contributed by atoms with E-state index in [0.717, 1.165) is 0 Å². The molecular weight excluding hydrogens is 443 g/mol. The molecule has 4 rings (SSSR count). The minimum atomic E-state index is -3.56. The number of Topliss-reactive ketones (excluding diaryl/α,β-unsaturated/α-hetero) is 1. The average molecular weight is 471 g/mol. The zero-order valence-electron chi connectivity index (χ0n) is 18.6. The van der Waals surface area contributed by atoms with Gasteiger partial charge in [0.2, 0.25) is 0 Å². The molecule has 0 spiro atoms. The van der Waals surface area contributed by atoms with Gasteiger partial charge in [-0.25, -0.2) is 0 Å². The van der Waals surface area contributed by atoms with Crippen LogP contribution in [-0.4, -0.2) is 27.8 Å². The maximum Gasteiger partial charge on any atom is 0.173 e. The van der Waals surface area contributed by atoms with Crippen molar-refractivity contribution in [1.29, 1.82) is 0 Å². The van der Waals surface area contributed by atoms with E-state index < -0.39 is 25.0 Å². The van der Waals surface area contributed by atoms with Gasteiger partial charge in [-0.05, 0) is 12.0 Å². The minimum Gasteiger partial charge on any atom is -0.390 e. The topological polar surface area (TPSA) is 74.6 Å². The average Bonchev–Trinajstić information content (AvgIpc) is 2.92. The molecule has 5 heteroatoms. The Balaban J connectivity index is 1.83. The second-order valence-corrected chi connectivity index (χ2v) is 11.2. The lowest BCUT2D eigenvalue weighted by atomic mass is 9.97. The lowest BCUT2D eigenvalue weighted by Crippen LogP contribution is -2.36. The van der Waals surface area contributed by atoms with E-state index in [1.165, 1.54) is 0 Å². The summed E-state index contributed by atoms with van der Waals surface area (Å²) >= 11 is 0. The molecular formula is C29H27O4P. The molecule has 0 aliphatic carbocycles. The van der Waals surface area contributed by atoms with Crippen molar-refractivity contribution in [2.75, 3.05) is 0 Å². The highest BCUT2D eigenvalue weighted by atomic mass is 31.2. The Hall–Kier alpha value is -3.30. The Morgan fingerprint density at radius 3 is 1.53 bits per heavy atom. The van der Waals surface area contributed by atoms with E-state index in [2.05, 4.69) is 0 Å². The molecule has 172 valence electrons. The molecule has 34 heavy (non-hydrogen) atoms. The van der Waals surface area contributed by atoms with E-state index in [1.807, 2.05) is 24.3 Å². The van der Waals surface area contributed by atoms with Gasteiger partial charge in [0.15, 0.2) is 12.9 Å². The fourth-order valence-corrected chi connectivity index (χ4v) is 7.49. The molecule has 2 N–H and O–H groups in total. The van der Waals surface area contributed by atoms with Gasteiger partial charge in [0.1, 0.15) is 6.10 Å². The summed E-state index contributed by atoms with van der Waals surface area (Å²) in [5.74, 6) is -0.323. The fourth-order valence-electron chi connectivity index (χ4n) is 4.25. The van der Waals surface area contributed by atoms with E-state index in [4.69, 9.17) is 0 Å². The van der Waals surface area contributed by atoms with Crippen LogP contribution in [0.3, 0.4) is 0 Å². The maximum absolute atomic E-state index is 15.0. The van der Waals surface area contributed by atoms with E-state index in [-0.39, 0.29) is 12.2 Å². The van der Waals surface area contributed by atoms with Crippen molar-refractivity contribution in [2.45, 2.75) is 24.3 Å². The van der Waals surface area contributed by atoms with Gasteiger partial charge in [-0.3, -0.25) is 4.79 Å². The van der Waals surface area contributed by atoms with Crippen molar-refractivity contribution in [3.63, 3.8) is 0 Å². The van der Waals surface area contributed by atoms with Crippen LogP contribution in [0.5, 0.6) is 0 Å². The third-order valence-electron chi connectivity index (χ3n) is 6.05. The fraction of sp³-hybridized carbons (Fsp3) is 0.138. The first kappa shape index (κ1) is 23.8. The Bertz CT molecular complexity index is 1200. The van der Waals surface area contributed by atoms with Gasteiger partial charge >= 0.3 is 0 Å². The molecule has 0 unspecified atom stereocenters. The van der Waals surface area contributed by atoms with Crippen molar-refractivity contribution >= 4 is 23.5 Å². The van der Waals surface area contributed by atoms with Crippen LogP contribution in [0.1, 0.15) is 28.4 Å². The van der Waals surface area contributed by atoms with Gasteiger partial charge in [0, 0.05) is 16.2 Å². The summed E-state index contributed by atoms with van der Waals surface area (Å²) in [6, 6.07) is 35.4. The zero-order valence-corrected chi connectivity index (χ0v) is 19.5. The Morgan fingerprint density at radius 1 is 0.647 bits per heavy atom. The molecule has 0 saturated carbocycles. The highest BCUT2D eigenvalue weighted by molar-refractivity contribution is 7.80. The number of aliphatic hydroxyl groups is 2. The van der Waals surface area contributed by atoms with Crippen LogP contribution in [0.4, 0.5) is 0 Å². The van der Waals surface area contributed by atoms with Gasteiger partial charge in [0.25, 0.3) is 0 Å². The second kappa shape index (κ2) is 10.8. The number of aliphatic hydroxyl groups excluding tert-OH is 2. The number of carbonyl (C=O) groups is 1. The Morgan fingerprint density at radius 2 is 1.06 bits per heavy atom. The first-order valence-corrected chi connectivity index (χ1v) is 13.0. The molecule has 0 amide bonds. The second-order valence-electron chi connectivity index (χ2n) is 8.23. The molecule has 0 aliphatic rings. The first-order chi connectivity index (χ1) is 16.5. The van der Waals surface area contributed by atoms with Gasteiger partial charge in [-0.15, -0.1) is 0 Å². The highest BCUT2D eigenvalue weighted by Crippen LogP contribution is 2.52. The van der Waals surface area contributed by atoms with Crippen LogP contribution in [0, 0.1) is 0 Å². The van der Waals surface area contributed by atoms with Crippen LogP contribution < -0.4 is 10.6 Å². The number of hydrogen-bond donors (Lipinski definition) is 2. The first-order valence-electron chi connectivity index (χ1n) is 11.2. The minimum absolute atomic E-state index is 0.162. The molecule has 4 aromatic rings. The standard InChI is InChI=1S/C29H27O4P/c30-26(28(31)22-13-5-1-6-14-22)21-27(29(32)23-15-7-2-8-16-23)34(33,24-17-9-3-10-18-24)25-19-11-4-12-20-25/h1-20,26-28,30-31H,21H2/t26-,27-,28-/m1/s1. The third-order valence-corrected chi connectivity index (χ3v) is 9.50. The monoisotopic (exact) mass is 470 g/mol. The molecule has 0 saturated heterocycles. The zero-order chi connectivity index (χ0) is 24.0. The molecule has 4 nitrogen and oxygen atoms in total. The molecule has 3 atom stereocenters. The van der Waals surface area contributed by atoms with E-state index in [1.54, 1.807) is 97.1 Å². The van der Waals surface area contributed by atoms with Crippen LogP contribution in [0.25, 0.3) is 0 Å². The molecule has 0 radical (unpaired) electrons. The quantitative estimate of drug-likeness (QED) is 0.274. The van der Waals surface area contributed by atoms with Crippen LogP contribution in [-0.2, 0) is 4.57 Å². The number of carbonyl (C=O) groups excluding carboxylic acids is 1. The normalized spacial score (nSPS) is 14.2. The largest absolute Gasteiger partial charge is 0.390 e. The van der Waals surface area contributed by atoms with Crippen molar-refractivity contribution in [3.8, 4) is 0 Å². The van der Waals surface area contributed by atoms with E-state index >= 15 is 4.57 Å². The molecule has 0 aliphatic heterocycles. The van der Waals surface area contributed by atoms with Gasteiger partial charge in [-0.2, -0.15) is 0 Å². The molecule has 0 aromatic heterocycles. The highest BCUT2D eigenvalue weighted by Gasteiger charge is 2.43. The summed E-state index contributed by atoms with van der Waals surface area (Å²) in [5, 5.41) is 23.0. The number of hydrogen-bond acceptors (Lipinski definition) is 4. The SMILES string of the molecule is O=C(c1ccccc1)[C@@H](C[C@@H](O)[C@H](O)c1ccccc1)P(=O)(c1ccccc1)c1ccccc1. The van der Waals surface area contributed by atoms with Gasteiger partial charge in [-0.1, -0.05) is 121 Å². The Kier molecular flexibility index (Phi) is 7.54. The smallest absolute Gasteiger partial charge is 0.173 e. The summed E-state index contributed by atoms with van der Waals surface area (Å²) in [6.07, 6.45) is -2.67. The maximum atomic E-state index is 15.0. The molecule has 0 fully saturated rings. The number of rotatable bonds is 9. The van der Waals surface area contributed by atoms with Crippen molar-refractivity contribution in [3.05, 3.63) is 132 Å². The molecule has 0 bridgehead atoms. The third kappa shape index (κ3) is 4.95. The van der Waals surface area contributed by atoms with E-state index in [0.29, 0.717) is 21.7 Å². The van der Waals surface area contributed by atoms with Crippen molar-refractivity contribution in [2.24, 2.45) is 0 Å². The van der Waals surface area contributed by atoms with Crippen LogP contribution in [0.15, 0.2) is 121 Å². The lowest BCUT2D eigenvalue weighted by Gasteiger charge is -2.31. The van der Waals surface area contributed by atoms with Crippen LogP contribution >= 0.6 is 7.14 Å². The number of benzene rings is 4. The predicted octanol–water partition coefficient (Wildman–Crippen LogP) is 4.74. The molecule has 4 aromatic carbocycles. The molecule has 0 heterocycles. The Labute approximate surface area is 199 Å². The van der Waals surface area contributed by atoms with Gasteiger partial charge < -0.3 is 14.8 Å². The number of ketones is 1. The summed E-state index contributed by atoms with van der Waals surface area (Å²) in [5.41, 5.74) is -0.107. The van der Waals surface area contributed by atoms with Gasteiger partial charge in [0.05, 0.1) is 11.8 Å². The summed E-state index contributed by atoms with van der Waals surface area (Å²) in [6.45, 7) is 0. The van der Waals surface area contributed by atoms with E-state index in [9.17, 15) is 15.0 Å². The summed E-state index contributed by atoms with van der Waals surface area (Å²) < 4.78 is 15.0. The summed E-state index contributed by atoms with van der Waals surface area (Å²) in [4.78, 5) is 13.9. The van der Waals surface area contributed by atoms with Crippen LogP contribution in [0.2, 0.25) is 0 Å². The predicted molar refractivity (Wildman–Crippen MR) is 136 cm³/mol. The van der Waals surface area contributed by atoms with Crippen molar-refractivity contribution in [1.82, 2.24) is 0 Å².